The van der Waals surface area contributed by atoms with E-state index in [9.17, 15) is 5.11 Å². The van der Waals surface area contributed by atoms with Crippen LogP contribution < -0.4 is 10.6 Å². The Morgan fingerprint density at radius 2 is 1.90 bits per heavy atom. The molecule has 0 saturated heterocycles. The number of aliphatic hydroxyl groups excluding tert-OH is 1. The van der Waals surface area contributed by atoms with Gasteiger partial charge in [0.15, 0.2) is 0 Å². The first kappa shape index (κ1) is 21.1. The SMILES string of the molecule is Cc1noc(C)c1-c1ccc2c(c1)C(N[C@@H](CO)C(C)C)(c1ccccc1)[C](=[Os])N2. The fourth-order valence-electron chi connectivity index (χ4n) is 4.23. The fraction of sp³-hybridized carbons (Fsp3) is 0.333. The van der Waals surface area contributed by atoms with E-state index >= 15 is 0 Å². The van der Waals surface area contributed by atoms with Gasteiger partial charge in [-0.05, 0) is 0 Å². The van der Waals surface area contributed by atoms with Crippen LogP contribution in [0.4, 0.5) is 5.69 Å². The average Bonchev–Trinajstić information content (AvgIpc) is 3.22. The molecule has 0 fully saturated rings. The van der Waals surface area contributed by atoms with Gasteiger partial charge in [-0.25, -0.2) is 0 Å². The third-order valence-corrected chi connectivity index (χ3v) is 7.19. The summed E-state index contributed by atoms with van der Waals surface area (Å²) < 4.78 is 6.55. The van der Waals surface area contributed by atoms with Crippen LogP contribution in [0.2, 0.25) is 0 Å². The molecule has 30 heavy (non-hydrogen) atoms. The molecule has 0 spiro atoms. The molecule has 0 radical (unpaired) electrons. The first-order chi connectivity index (χ1) is 14.4. The molecule has 3 aromatic rings. The first-order valence-corrected chi connectivity index (χ1v) is 11.5. The molecule has 158 valence electrons. The predicted octanol–water partition coefficient (Wildman–Crippen LogP) is 3.91. The molecule has 0 amide bonds. The standard InChI is InChI=1S/C24H27N3O2.Os/c1-15(2)22(13-28)26-24(19-8-6-5-7-9-19)14-25-21-11-10-18(12-20(21)24)23-16(3)27-29-17(23)4;/h5-12,15,22,25-26,28H,13H2,1-4H3;/t22-,24?;/m0./s1. The van der Waals surface area contributed by atoms with E-state index < -0.39 is 5.54 Å². The molecule has 5 nitrogen and oxygen atoms in total. The van der Waals surface area contributed by atoms with Gasteiger partial charge in [-0.3, -0.25) is 0 Å². The van der Waals surface area contributed by atoms with Crippen molar-refractivity contribution in [3.05, 3.63) is 71.1 Å². The molecule has 2 heterocycles. The molecule has 0 saturated carbocycles. The summed E-state index contributed by atoms with van der Waals surface area (Å²) in [6.07, 6.45) is 0. The molecule has 1 unspecified atom stereocenters. The van der Waals surface area contributed by atoms with Crippen molar-refractivity contribution >= 4 is 9.88 Å². The van der Waals surface area contributed by atoms with Crippen LogP contribution >= 0.6 is 0 Å². The zero-order chi connectivity index (χ0) is 21.5. The van der Waals surface area contributed by atoms with Gasteiger partial charge in [0.05, 0.1) is 0 Å². The third-order valence-electron chi connectivity index (χ3n) is 5.92. The van der Waals surface area contributed by atoms with Crippen molar-refractivity contribution in [2.24, 2.45) is 5.92 Å². The van der Waals surface area contributed by atoms with E-state index in [1.54, 1.807) is 0 Å². The van der Waals surface area contributed by atoms with Crippen molar-refractivity contribution in [2.75, 3.05) is 11.9 Å². The molecule has 4 rings (SSSR count). The van der Waals surface area contributed by atoms with Crippen molar-refractivity contribution in [1.29, 1.82) is 0 Å². The van der Waals surface area contributed by atoms with Gasteiger partial charge in [0.25, 0.3) is 0 Å². The number of anilines is 1. The molecule has 0 aliphatic carbocycles. The summed E-state index contributed by atoms with van der Waals surface area (Å²) in [5.74, 6) is 1.09. The Morgan fingerprint density at radius 1 is 1.17 bits per heavy atom. The van der Waals surface area contributed by atoms with Gasteiger partial charge in [-0.1, -0.05) is 0 Å². The van der Waals surface area contributed by atoms with Crippen LogP contribution in [0.1, 0.15) is 36.4 Å². The number of aryl methyl sites for hydroxylation is 2. The van der Waals surface area contributed by atoms with Crippen molar-refractivity contribution < 1.29 is 27.8 Å². The van der Waals surface area contributed by atoms with Crippen LogP contribution in [0.25, 0.3) is 11.1 Å². The van der Waals surface area contributed by atoms with Gasteiger partial charge >= 0.3 is 187 Å². The monoisotopic (exact) mass is 581 g/mol. The number of aliphatic hydroxyl groups is 1. The molecule has 2 atom stereocenters. The predicted molar refractivity (Wildman–Crippen MR) is 116 cm³/mol. The maximum absolute atomic E-state index is 10.1. The van der Waals surface area contributed by atoms with E-state index in [1.165, 1.54) is 0 Å². The molecule has 3 N–H and O–H groups in total. The number of fused-ring (bicyclic) bond motifs is 1. The second-order valence-electron chi connectivity index (χ2n) is 8.18. The summed E-state index contributed by atoms with van der Waals surface area (Å²) in [5.41, 5.74) is 5.83. The summed E-state index contributed by atoms with van der Waals surface area (Å²) in [7, 11) is 0. The van der Waals surface area contributed by atoms with Gasteiger partial charge in [-0.2, -0.15) is 0 Å². The van der Waals surface area contributed by atoms with Crippen LogP contribution in [0, 0.1) is 19.8 Å². The Balaban J connectivity index is 1.94. The topological polar surface area (TPSA) is 70.3 Å². The van der Waals surface area contributed by atoms with Gasteiger partial charge < -0.3 is 0 Å². The average molecular weight is 580 g/mol. The quantitative estimate of drug-likeness (QED) is 0.413. The van der Waals surface area contributed by atoms with Gasteiger partial charge in [0, 0.05) is 0 Å². The Morgan fingerprint density at radius 3 is 2.50 bits per heavy atom. The summed E-state index contributed by atoms with van der Waals surface area (Å²) in [6, 6.07) is 16.9. The Kier molecular flexibility index (Phi) is 5.77. The maximum atomic E-state index is 10.1. The number of nitrogens with zero attached hydrogens (tertiary/aromatic N) is 1. The minimum atomic E-state index is -0.540. The van der Waals surface area contributed by atoms with Crippen molar-refractivity contribution in [3.63, 3.8) is 0 Å². The van der Waals surface area contributed by atoms with Gasteiger partial charge in [0.2, 0.25) is 0 Å². The Bertz CT molecular complexity index is 1060. The number of hydrogen-bond acceptors (Lipinski definition) is 5. The molecule has 1 aromatic heterocycles. The molecular formula is C24H27N3O2Os. The van der Waals surface area contributed by atoms with Crippen molar-refractivity contribution in [2.45, 2.75) is 39.3 Å². The zero-order valence-corrected chi connectivity index (χ0v) is 20.2. The number of rotatable bonds is 6. The number of hydrogen-bond donors (Lipinski definition) is 3. The fourth-order valence-corrected chi connectivity index (χ4v) is 5.46. The summed E-state index contributed by atoms with van der Waals surface area (Å²) in [6.45, 7) is 8.26. The van der Waals surface area contributed by atoms with Crippen LogP contribution in [-0.2, 0) is 23.7 Å². The molecule has 2 aromatic carbocycles. The minimum absolute atomic E-state index is 0.0552. The molecule has 1 aliphatic rings. The van der Waals surface area contributed by atoms with Crippen LogP contribution in [-0.4, -0.2) is 27.1 Å². The molecule has 0 bridgehead atoms. The van der Waals surface area contributed by atoms with Gasteiger partial charge in [0.1, 0.15) is 0 Å². The van der Waals surface area contributed by atoms with E-state index in [4.69, 9.17) is 4.52 Å². The van der Waals surface area contributed by atoms with Crippen molar-refractivity contribution in [1.82, 2.24) is 10.5 Å². The number of aromatic nitrogens is 1. The Hall–Kier alpha value is -2.12. The summed E-state index contributed by atoms with van der Waals surface area (Å²) >= 11 is 1.86. The van der Waals surface area contributed by atoms with E-state index in [2.05, 4.69) is 72.1 Å². The van der Waals surface area contributed by atoms with Crippen molar-refractivity contribution in [3.8, 4) is 11.1 Å². The Labute approximate surface area is 187 Å². The number of nitrogens with one attached hydrogen (secondary N) is 2. The zero-order valence-electron chi connectivity index (χ0n) is 17.6. The summed E-state index contributed by atoms with van der Waals surface area (Å²) in [4.78, 5) is 0. The van der Waals surface area contributed by atoms with Crippen LogP contribution in [0.15, 0.2) is 53.1 Å². The normalized spacial score (nSPS) is 19.1. The molecular weight excluding hydrogens is 553 g/mol. The second kappa shape index (κ2) is 8.19. The van der Waals surface area contributed by atoms with E-state index in [-0.39, 0.29) is 18.6 Å². The summed E-state index contributed by atoms with van der Waals surface area (Å²) in [5, 5.41) is 21.7. The van der Waals surface area contributed by atoms with E-state index in [0.717, 1.165) is 43.6 Å². The van der Waals surface area contributed by atoms with E-state index in [1.807, 2.05) is 38.1 Å². The van der Waals surface area contributed by atoms with Crippen LogP contribution in [0.3, 0.4) is 0 Å². The second-order valence-corrected chi connectivity index (χ2v) is 9.45. The first-order valence-electron chi connectivity index (χ1n) is 10.2. The number of benzene rings is 2. The van der Waals surface area contributed by atoms with E-state index in [0.29, 0.717) is 0 Å². The molecule has 6 heteroatoms. The molecule has 1 aliphatic heterocycles. The van der Waals surface area contributed by atoms with Crippen LogP contribution in [0.5, 0.6) is 0 Å². The third kappa shape index (κ3) is 3.38. The van der Waals surface area contributed by atoms with Gasteiger partial charge in [-0.15, -0.1) is 0 Å².